The smallest absolute Gasteiger partial charge is 0.364 e. The first-order valence-corrected chi connectivity index (χ1v) is 5.59. The van der Waals surface area contributed by atoms with Gasteiger partial charge < -0.3 is 14.6 Å². The number of rotatable bonds is 11. The van der Waals surface area contributed by atoms with E-state index >= 15 is 0 Å². The summed E-state index contributed by atoms with van der Waals surface area (Å²) in [7, 11) is 0. The average molecular weight is 364 g/mol. The third-order valence-electron chi connectivity index (χ3n) is 2.34. The molecule has 1 atom stereocenters. The van der Waals surface area contributed by atoms with Crippen molar-refractivity contribution >= 4 is 0 Å². The zero-order chi connectivity index (χ0) is 19.3. The number of hydrogen-bond donors (Lipinski definition) is 1. The quantitative estimate of drug-likeness (QED) is 0.205. The Morgan fingerprint density at radius 1 is 0.833 bits per heavy atom. The van der Waals surface area contributed by atoms with Crippen LogP contribution in [0.15, 0.2) is 0 Å². The van der Waals surface area contributed by atoms with E-state index in [1.807, 2.05) is 0 Å². The summed E-state index contributed by atoms with van der Waals surface area (Å²) in [5.74, 6) is -11.3. The average Bonchev–Trinajstić information content (AvgIpc) is 2.43. The molecule has 0 rings (SSSR count). The normalized spacial score (nSPS) is 14.7. The highest BCUT2D eigenvalue weighted by Crippen LogP contribution is 2.19. The maximum absolute atomic E-state index is 13.4. The molecule has 1 unspecified atom stereocenters. The van der Waals surface area contributed by atoms with E-state index in [9.17, 15) is 54.3 Å². The van der Waals surface area contributed by atoms with Crippen molar-refractivity contribution in [2.24, 2.45) is 0 Å². The molecule has 138 valence electrons. The lowest BCUT2D eigenvalue weighted by Gasteiger charge is -2.23. The fourth-order valence-electron chi connectivity index (χ4n) is 1.00. The third kappa shape index (κ3) is 4.93. The van der Waals surface area contributed by atoms with E-state index in [-0.39, 0.29) is 0 Å². The molecule has 0 amide bonds. The summed E-state index contributed by atoms with van der Waals surface area (Å²) in [6.45, 7) is -4.32. The van der Waals surface area contributed by atoms with Crippen molar-refractivity contribution in [3.05, 3.63) is 40.5 Å². The largest absolute Gasteiger partial charge is 0.637 e. The van der Waals surface area contributed by atoms with E-state index in [1.54, 1.807) is 0 Å². The van der Waals surface area contributed by atoms with Gasteiger partial charge in [0.1, 0.15) is 26.3 Å². The zero-order valence-electron chi connectivity index (χ0n) is 11.7. The lowest BCUT2D eigenvalue weighted by Crippen LogP contribution is -2.50. The van der Waals surface area contributed by atoms with Gasteiger partial charge in [0.15, 0.2) is 5.79 Å². The minimum atomic E-state index is -4.31. The molecule has 17 heteroatoms. The van der Waals surface area contributed by atoms with E-state index in [0.717, 1.165) is 0 Å². The number of hydrogen-bond acceptors (Lipinski definition) is 11. The van der Waals surface area contributed by atoms with Gasteiger partial charge in [0.2, 0.25) is 13.2 Å². The van der Waals surface area contributed by atoms with Crippen LogP contribution in [0.2, 0.25) is 0 Å². The Hall–Kier alpha value is -2.66. The van der Waals surface area contributed by atoms with Crippen molar-refractivity contribution in [1.82, 2.24) is 0 Å². The highest BCUT2D eigenvalue weighted by molar-refractivity contribution is 4.62. The second-order valence-corrected chi connectivity index (χ2v) is 4.42. The molecule has 1 N–H and O–H groups in total. The molecular formula is C7H10F2N4O11. The molecule has 24 heavy (non-hydrogen) atoms. The first-order chi connectivity index (χ1) is 10.7. The van der Waals surface area contributed by atoms with Gasteiger partial charge in [-0.2, -0.15) is 0 Å². The summed E-state index contributed by atoms with van der Waals surface area (Å²) in [4.78, 5) is 33.3. The highest BCUT2D eigenvalue weighted by Gasteiger charge is 2.60. The summed E-state index contributed by atoms with van der Waals surface area (Å²) < 4.78 is 35.0. The topological polar surface area (TPSA) is 211 Å². The second kappa shape index (κ2) is 7.27. The Labute approximate surface area is 129 Å². The fourth-order valence-corrected chi connectivity index (χ4v) is 1.00. The van der Waals surface area contributed by atoms with Crippen LogP contribution in [-0.4, -0.2) is 62.2 Å². The first kappa shape index (κ1) is 21.3. The number of ether oxygens (including phenoxy) is 2. The van der Waals surface area contributed by atoms with E-state index in [2.05, 4.69) is 9.47 Å². The Morgan fingerprint density at radius 2 is 1.17 bits per heavy atom. The summed E-state index contributed by atoms with van der Waals surface area (Å²) in [6.07, 6.45) is 0. The fraction of sp³-hybridized carbons (Fsp3) is 1.00. The van der Waals surface area contributed by atoms with Crippen LogP contribution in [0.1, 0.15) is 6.92 Å². The number of alkyl halides is 2. The van der Waals surface area contributed by atoms with E-state index in [1.165, 1.54) is 0 Å². The van der Waals surface area contributed by atoms with Gasteiger partial charge in [-0.25, -0.2) is 0 Å². The van der Waals surface area contributed by atoms with Crippen LogP contribution in [0, 0.1) is 40.5 Å². The van der Waals surface area contributed by atoms with Crippen LogP contribution in [0.4, 0.5) is 8.78 Å². The molecule has 0 aliphatic carbocycles. The standard InChI is InChI=1S/C7H10F2N4O11/c1-5(14,24-4-7(9,12(19)20)13(21)22)2-23-3-6(8,10(15)16)11(17)18/h14H,2-4H2,1H3. The minimum absolute atomic E-state index is 0.630. The van der Waals surface area contributed by atoms with Gasteiger partial charge in [0.25, 0.3) is 0 Å². The van der Waals surface area contributed by atoms with E-state index in [0.29, 0.717) is 6.92 Å². The molecule has 0 heterocycles. The molecule has 15 nitrogen and oxygen atoms in total. The zero-order valence-corrected chi connectivity index (χ0v) is 11.7. The molecule has 0 aliphatic rings. The molecule has 0 fully saturated rings. The number of halogens is 2. The highest BCUT2D eigenvalue weighted by atomic mass is 19.2. The molecule has 0 aromatic carbocycles. The third-order valence-corrected chi connectivity index (χ3v) is 2.34. The molecule has 0 saturated carbocycles. The maximum atomic E-state index is 13.4. The van der Waals surface area contributed by atoms with Crippen LogP contribution in [0.5, 0.6) is 0 Å². The summed E-state index contributed by atoms with van der Waals surface area (Å²) in [5.41, 5.74) is 0. The number of nitrogens with zero attached hydrogens (tertiary/aromatic N) is 4. The van der Waals surface area contributed by atoms with Gasteiger partial charge in [-0.3, -0.25) is 40.5 Å². The molecule has 0 bridgehead atoms. The van der Waals surface area contributed by atoms with Gasteiger partial charge in [0, 0.05) is 0 Å². The van der Waals surface area contributed by atoms with Crippen molar-refractivity contribution in [1.29, 1.82) is 0 Å². The van der Waals surface area contributed by atoms with Gasteiger partial charge in [0.05, 0.1) is 0 Å². The monoisotopic (exact) mass is 364 g/mol. The lowest BCUT2D eigenvalue weighted by molar-refractivity contribution is -0.835. The van der Waals surface area contributed by atoms with Gasteiger partial charge in [-0.15, -0.1) is 0 Å². The van der Waals surface area contributed by atoms with Crippen LogP contribution in [0.3, 0.4) is 0 Å². The molecule has 0 saturated heterocycles. The van der Waals surface area contributed by atoms with Crippen LogP contribution in [-0.2, 0) is 9.47 Å². The molecule has 0 aromatic rings. The van der Waals surface area contributed by atoms with Crippen molar-refractivity contribution in [3.8, 4) is 0 Å². The van der Waals surface area contributed by atoms with Crippen LogP contribution < -0.4 is 0 Å². The SMILES string of the molecule is CC(O)(COCC(F)([N+](=O)[O-])[N+](=O)[O-])OCC(F)([N+](=O)[O-])[N+](=O)[O-]. The minimum Gasteiger partial charge on any atom is -0.364 e. The van der Waals surface area contributed by atoms with Crippen molar-refractivity contribution < 1.29 is 43.1 Å². The van der Waals surface area contributed by atoms with Gasteiger partial charge in [-0.05, 0) is 6.92 Å². The first-order valence-electron chi connectivity index (χ1n) is 5.59. The number of nitro groups is 4. The van der Waals surface area contributed by atoms with Gasteiger partial charge in [-0.1, -0.05) is 8.78 Å². The maximum Gasteiger partial charge on any atom is 0.637 e. The lowest BCUT2D eigenvalue weighted by atomic mass is 10.3. The second-order valence-electron chi connectivity index (χ2n) is 4.42. The van der Waals surface area contributed by atoms with E-state index < -0.39 is 57.1 Å². The van der Waals surface area contributed by atoms with E-state index in [4.69, 9.17) is 0 Å². The number of aliphatic hydroxyl groups is 1. The van der Waals surface area contributed by atoms with Crippen molar-refractivity contribution in [3.63, 3.8) is 0 Å². The summed E-state index contributed by atoms with van der Waals surface area (Å²) >= 11 is 0. The molecule has 0 aromatic heterocycles. The Morgan fingerprint density at radius 3 is 1.50 bits per heavy atom. The Kier molecular flexibility index (Phi) is 6.47. The Bertz CT molecular complexity index is 512. The molecular weight excluding hydrogens is 354 g/mol. The van der Waals surface area contributed by atoms with Crippen molar-refractivity contribution in [2.45, 2.75) is 24.5 Å². The van der Waals surface area contributed by atoms with Gasteiger partial charge >= 0.3 is 11.8 Å². The predicted octanol–water partition coefficient (Wildman–Crippen LogP) is -0.918. The molecule has 0 spiro atoms. The molecule has 0 aliphatic heterocycles. The van der Waals surface area contributed by atoms with Crippen molar-refractivity contribution in [2.75, 3.05) is 19.8 Å². The Balaban J connectivity index is 4.77. The predicted molar refractivity (Wildman–Crippen MR) is 63.1 cm³/mol. The summed E-state index contributed by atoms with van der Waals surface area (Å²) in [6, 6.07) is 0. The summed E-state index contributed by atoms with van der Waals surface area (Å²) in [5, 5.41) is 50.5. The van der Waals surface area contributed by atoms with Crippen LogP contribution in [0.25, 0.3) is 0 Å². The van der Waals surface area contributed by atoms with Crippen LogP contribution >= 0.6 is 0 Å². The molecule has 0 radical (unpaired) electrons.